The molecule has 2 aromatic rings. The lowest BCUT2D eigenvalue weighted by Crippen LogP contribution is -2.10. The number of rotatable bonds is 5. The first-order chi connectivity index (χ1) is 9.58. The second-order valence-corrected chi connectivity index (χ2v) is 5.68. The molecular formula is C15H19BrN4. The molecule has 5 heteroatoms. The van der Waals surface area contributed by atoms with Crippen molar-refractivity contribution in [2.75, 3.05) is 11.1 Å². The molecule has 106 valence electrons. The standard InChI is InChI=1S/C15H19BrN4/c1-3-5-14-19-13(17)9-15(20-14)18-10(2)11-6-4-7-12(16)8-11/h4,6-10H,3,5H2,1-2H3,(H3,17,18,19,20). The lowest BCUT2D eigenvalue weighted by atomic mass is 10.1. The first-order valence-electron chi connectivity index (χ1n) is 6.74. The number of nitrogens with zero attached hydrogens (tertiary/aromatic N) is 2. The third kappa shape index (κ3) is 3.93. The smallest absolute Gasteiger partial charge is 0.133 e. The summed E-state index contributed by atoms with van der Waals surface area (Å²) in [5.74, 6) is 2.07. The van der Waals surface area contributed by atoms with Crippen LogP contribution in [-0.2, 0) is 6.42 Å². The van der Waals surface area contributed by atoms with Gasteiger partial charge in [-0.25, -0.2) is 9.97 Å². The van der Waals surface area contributed by atoms with Crippen LogP contribution < -0.4 is 11.1 Å². The van der Waals surface area contributed by atoms with Gasteiger partial charge in [0.25, 0.3) is 0 Å². The number of nitrogens with one attached hydrogen (secondary N) is 1. The molecule has 1 heterocycles. The Hall–Kier alpha value is -1.62. The summed E-state index contributed by atoms with van der Waals surface area (Å²) < 4.78 is 1.07. The summed E-state index contributed by atoms with van der Waals surface area (Å²) in [6, 6.07) is 10.1. The van der Waals surface area contributed by atoms with E-state index in [-0.39, 0.29) is 6.04 Å². The van der Waals surface area contributed by atoms with Crippen molar-refractivity contribution in [2.45, 2.75) is 32.7 Å². The van der Waals surface area contributed by atoms with Crippen molar-refractivity contribution in [3.8, 4) is 0 Å². The number of hydrogen-bond donors (Lipinski definition) is 2. The monoisotopic (exact) mass is 334 g/mol. The van der Waals surface area contributed by atoms with Crippen LogP contribution >= 0.6 is 15.9 Å². The number of hydrogen-bond acceptors (Lipinski definition) is 4. The Labute approximate surface area is 128 Å². The maximum Gasteiger partial charge on any atom is 0.133 e. The molecule has 0 saturated heterocycles. The normalized spacial score (nSPS) is 12.2. The van der Waals surface area contributed by atoms with E-state index in [0.29, 0.717) is 5.82 Å². The second-order valence-electron chi connectivity index (χ2n) is 4.77. The number of benzene rings is 1. The lowest BCUT2D eigenvalue weighted by Gasteiger charge is -2.16. The van der Waals surface area contributed by atoms with Gasteiger partial charge in [-0.15, -0.1) is 0 Å². The van der Waals surface area contributed by atoms with E-state index >= 15 is 0 Å². The molecular weight excluding hydrogens is 316 g/mol. The van der Waals surface area contributed by atoms with E-state index in [9.17, 15) is 0 Å². The van der Waals surface area contributed by atoms with Crippen LogP contribution in [0, 0.1) is 0 Å². The van der Waals surface area contributed by atoms with Crippen molar-refractivity contribution in [1.29, 1.82) is 0 Å². The molecule has 20 heavy (non-hydrogen) atoms. The van der Waals surface area contributed by atoms with Crippen LogP contribution in [0.3, 0.4) is 0 Å². The Kier molecular flexibility index (Phi) is 4.95. The topological polar surface area (TPSA) is 63.8 Å². The fourth-order valence-corrected chi connectivity index (χ4v) is 2.43. The molecule has 0 fully saturated rings. The van der Waals surface area contributed by atoms with Crippen molar-refractivity contribution in [1.82, 2.24) is 9.97 Å². The predicted molar refractivity (Wildman–Crippen MR) is 86.6 cm³/mol. The minimum absolute atomic E-state index is 0.149. The molecule has 0 radical (unpaired) electrons. The maximum atomic E-state index is 5.83. The summed E-state index contributed by atoms with van der Waals surface area (Å²) in [4.78, 5) is 8.73. The lowest BCUT2D eigenvalue weighted by molar-refractivity contribution is 0.821. The summed E-state index contributed by atoms with van der Waals surface area (Å²) in [5.41, 5.74) is 7.02. The van der Waals surface area contributed by atoms with Crippen molar-refractivity contribution >= 4 is 27.6 Å². The van der Waals surface area contributed by atoms with Crippen LogP contribution in [0.15, 0.2) is 34.8 Å². The van der Waals surface area contributed by atoms with E-state index < -0.39 is 0 Å². The van der Waals surface area contributed by atoms with Crippen LogP contribution in [0.4, 0.5) is 11.6 Å². The highest BCUT2D eigenvalue weighted by Gasteiger charge is 2.08. The van der Waals surface area contributed by atoms with Crippen molar-refractivity contribution in [2.24, 2.45) is 0 Å². The van der Waals surface area contributed by atoms with E-state index in [1.807, 2.05) is 12.1 Å². The highest BCUT2D eigenvalue weighted by molar-refractivity contribution is 9.10. The van der Waals surface area contributed by atoms with Gasteiger partial charge in [0.1, 0.15) is 17.5 Å². The quantitative estimate of drug-likeness (QED) is 0.868. The van der Waals surface area contributed by atoms with Gasteiger partial charge in [0.2, 0.25) is 0 Å². The molecule has 0 spiro atoms. The summed E-state index contributed by atoms with van der Waals surface area (Å²) in [6.07, 6.45) is 1.84. The van der Waals surface area contributed by atoms with E-state index in [2.05, 4.69) is 57.2 Å². The van der Waals surface area contributed by atoms with Crippen molar-refractivity contribution in [3.05, 3.63) is 46.2 Å². The van der Waals surface area contributed by atoms with Crippen LogP contribution in [0.2, 0.25) is 0 Å². The SMILES string of the molecule is CCCc1nc(N)cc(NC(C)c2cccc(Br)c2)n1. The largest absolute Gasteiger partial charge is 0.384 e. The minimum Gasteiger partial charge on any atom is -0.384 e. The van der Waals surface area contributed by atoms with E-state index in [0.717, 1.165) is 29.0 Å². The average molecular weight is 335 g/mol. The molecule has 0 aliphatic heterocycles. The van der Waals surface area contributed by atoms with Crippen LogP contribution in [0.1, 0.15) is 37.7 Å². The number of nitrogens with two attached hydrogens (primary N) is 1. The highest BCUT2D eigenvalue weighted by Crippen LogP contribution is 2.22. The molecule has 0 aliphatic carbocycles. The van der Waals surface area contributed by atoms with Crippen LogP contribution in [-0.4, -0.2) is 9.97 Å². The van der Waals surface area contributed by atoms with E-state index in [1.54, 1.807) is 6.07 Å². The highest BCUT2D eigenvalue weighted by atomic mass is 79.9. The van der Waals surface area contributed by atoms with Crippen LogP contribution in [0.25, 0.3) is 0 Å². The van der Waals surface area contributed by atoms with E-state index in [1.165, 1.54) is 5.56 Å². The minimum atomic E-state index is 0.149. The van der Waals surface area contributed by atoms with Gasteiger partial charge in [-0.1, -0.05) is 35.0 Å². The molecule has 0 bridgehead atoms. The molecule has 0 saturated carbocycles. The first-order valence-corrected chi connectivity index (χ1v) is 7.53. The summed E-state index contributed by atoms with van der Waals surface area (Å²) >= 11 is 3.49. The second kappa shape index (κ2) is 6.70. The summed E-state index contributed by atoms with van der Waals surface area (Å²) in [7, 11) is 0. The zero-order valence-corrected chi connectivity index (χ0v) is 13.3. The van der Waals surface area contributed by atoms with Gasteiger partial charge in [0, 0.05) is 23.0 Å². The van der Waals surface area contributed by atoms with Gasteiger partial charge in [-0.2, -0.15) is 0 Å². The Morgan fingerprint density at radius 3 is 2.80 bits per heavy atom. The van der Waals surface area contributed by atoms with Crippen molar-refractivity contribution < 1.29 is 0 Å². The molecule has 1 aromatic heterocycles. The van der Waals surface area contributed by atoms with Gasteiger partial charge in [0.05, 0.1) is 0 Å². The zero-order valence-electron chi connectivity index (χ0n) is 11.7. The molecule has 1 aromatic carbocycles. The molecule has 2 rings (SSSR count). The third-order valence-corrected chi connectivity index (χ3v) is 3.47. The van der Waals surface area contributed by atoms with Gasteiger partial charge in [-0.3, -0.25) is 0 Å². The fraction of sp³-hybridized carbons (Fsp3) is 0.333. The maximum absolute atomic E-state index is 5.83. The number of anilines is 2. The number of aryl methyl sites for hydroxylation is 1. The zero-order chi connectivity index (χ0) is 14.5. The summed E-state index contributed by atoms with van der Waals surface area (Å²) in [5, 5.41) is 3.37. The van der Waals surface area contributed by atoms with Crippen LogP contribution in [0.5, 0.6) is 0 Å². The van der Waals surface area contributed by atoms with Gasteiger partial charge in [-0.05, 0) is 31.0 Å². The Balaban J connectivity index is 2.16. The number of halogens is 1. The van der Waals surface area contributed by atoms with Gasteiger partial charge >= 0.3 is 0 Å². The molecule has 3 N–H and O–H groups in total. The Morgan fingerprint density at radius 1 is 1.30 bits per heavy atom. The number of nitrogen functional groups attached to an aromatic ring is 1. The molecule has 4 nitrogen and oxygen atoms in total. The molecule has 0 amide bonds. The average Bonchev–Trinajstić information content (AvgIpc) is 2.38. The summed E-state index contributed by atoms with van der Waals surface area (Å²) in [6.45, 7) is 4.20. The van der Waals surface area contributed by atoms with Gasteiger partial charge < -0.3 is 11.1 Å². The molecule has 1 unspecified atom stereocenters. The third-order valence-electron chi connectivity index (χ3n) is 2.98. The Bertz CT molecular complexity index is 586. The molecule has 1 atom stereocenters. The Morgan fingerprint density at radius 2 is 2.10 bits per heavy atom. The molecule has 0 aliphatic rings. The predicted octanol–water partition coefficient (Wildman–Crippen LogP) is 3.95. The van der Waals surface area contributed by atoms with E-state index in [4.69, 9.17) is 5.73 Å². The van der Waals surface area contributed by atoms with Crippen molar-refractivity contribution in [3.63, 3.8) is 0 Å². The van der Waals surface area contributed by atoms with Gasteiger partial charge in [0.15, 0.2) is 0 Å². The fourth-order valence-electron chi connectivity index (χ4n) is 2.01. The number of aromatic nitrogens is 2. The first kappa shape index (κ1) is 14.8.